The number of allylic oxidation sites excluding steroid dienone is 2. The van der Waals surface area contributed by atoms with Crippen LogP contribution in [0.2, 0.25) is 0 Å². The van der Waals surface area contributed by atoms with Gasteiger partial charge in [0.15, 0.2) is 4.77 Å². The number of piperazine rings is 1. The van der Waals surface area contributed by atoms with Crippen molar-refractivity contribution in [1.29, 1.82) is 0 Å². The highest BCUT2D eigenvalue weighted by Crippen LogP contribution is 2.28. The molecule has 266 valence electrons. The molecule has 0 bridgehead atoms. The lowest BCUT2D eigenvalue weighted by Crippen LogP contribution is -2.48. The number of nitrogens with two attached hydrogens (primary N) is 2. The van der Waals surface area contributed by atoms with Crippen molar-refractivity contribution < 1.29 is 9.59 Å². The highest BCUT2D eigenvalue weighted by molar-refractivity contribution is 7.71. The first-order chi connectivity index (χ1) is 24.0. The van der Waals surface area contributed by atoms with Crippen molar-refractivity contribution in [2.75, 3.05) is 32.7 Å². The van der Waals surface area contributed by atoms with Crippen LogP contribution in [-0.2, 0) is 29.1 Å². The Morgan fingerprint density at radius 1 is 1.14 bits per heavy atom. The van der Waals surface area contributed by atoms with Crippen LogP contribution >= 0.6 is 23.6 Å². The molecule has 14 nitrogen and oxygen atoms in total. The van der Waals surface area contributed by atoms with E-state index in [-0.39, 0.29) is 21.7 Å². The van der Waals surface area contributed by atoms with E-state index in [0.29, 0.717) is 61.0 Å². The normalized spacial score (nSPS) is 15.8. The highest BCUT2D eigenvalue weighted by Gasteiger charge is 2.18. The highest BCUT2D eigenvalue weighted by atomic mass is 32.1. The van der Waals surface area contributed by atoms with Crippen molar-refractivity contribution in [3.8, 4) is 5.82 Å². The van der Waals surface area contributed by atoms with Gasteiger partial charge >= 0.3 is 0 Å². The van der Waals surface area contributed by atoms with E-state index in [1.54, 1.807) is 6.20 Å². The molecule has 1 unspecified atom stereocenters. The first kappa shape index (κ1) is 36.6. The van der Waals surface area contributed by atoms with E-state index in [1.165, 1.54) is 33.6 Å². The van der Waals surface area contributed by atoms with Gasteiger partial charge in [-0.05, 0) is 87.7 Å². The van der Waals surface area contributed by atoms with Gasteiger partial charge in [-0.2, -0.15) is 5.10 Å². The molecule has 4 aromatic heterocycles. The number of hydrogen-bond donors (Lipinski definition) is 6. The van der Waals surface area contributed by atoms with Crippen molar-refractivity contribution in [1.82, 2.24) is 45.2 Å². The van der Waals surface area contributed by atoms with Crippen LogP contribution in [0.4, 0.5) is 0 Å². The van der Waals surface area contributed by atoms with E-state index < -0.39 is 11.8 Å². The molecule has 0 spiro atoms. The van der Waals surface area contributed by atoms with Gasteiger partial charge in [-0.1, -0.05) is 0 Å². The van der Waals surface area contributed by atoms with Crippen LogP contribution in [-0.4, -0.2) is 79.8 Å². The molecule has 8 N–H and O–H groups in total. The third kappa shape index (κ3) is 9.32. The van der Waals surface area contributed by atoms with Crippen molar-refractivity contribution >= 4 is 45.6 Å². The number of carbonyl (C=O) groups is 2. The third-order valence-corrected chi connectivity index (χ3v) is 9.78. The van der Waals surface area contributed by atoms with Crippen molar-refractivity contribution in [3.05, 3.63) is 91.0 Å². The lowest BCUT2D eigenvalue weighted by atomic mass is 10.1. The fraction of sp³-hybridized carbons (Fsp3) is 0.412. The topological polar surface area (TPSA) is 194 Å². The minimum Gasteiger partial charge on any atom is -0.394 e. The number of aryl methyl sites for hydroxylation is 4. The number of H-pyrrole nitrogens is 1. The molecule has 5 heterocycles. The molecule has 0 aliphatic carbocycles. The van der Waals surface area contributed by atoms with Crippen LogP contribution in [0, 0.1) is 18.6 Å². The van der Waals surface area contributed by atoms with Gasteiger partial charge in [-0.15, -0.1) is 11.3 Å². The minimum absolute atomic E-state index is 0.0576. The molecule has 0 aromatic carbocycles. The number of thiophene rings is 1. The first-order valence-corrected chi connectivity index (χ1v) is 17.9. The van der Waals surface area contributed by atoms with E-state index >= 15 is 0 Å². The van der Waals surface area contributed by atoms with Crippen LogP contribution in [0.1, 0.15) is 41.3 Å². The van der Waals surface area contributed by atoms with Crippen molar-refractivity contribution in [2.24, 2.45) is 11.5 Å². The second kappa shape index (κ2) is 16.8. The van der Waals surface area contributed by atoms with E-state index in [1.807, 2.05) is 43.1 Å². The summed E-state index contributed by atoms with van der Waals surface area (Å²) in [6, 6.07) is 4.15. The van der Waals surface area contributed by atoms with Gasteiger partial charge in [0, 0.05) is 74.7 Å². The smallest absolute Gasteiger partial charge is 0.269 e. The zero-order valence-electron chi connectivity index (χ0n) is 28.6. The number of fused-ring (bicyclic) bond motifs is 1. The number of aromatic amines is 1. The van der Waals surface area contributed by atoms with E-state index in [9.17, 15) is 14.4 Å². The number of amides is 2. The van der Waals surface area contributed by atoms with Gasteiger partial charge in [-0.25, -0.2) is 9.55 Å². The maximum absolute atomic E-state index is 13.6. The summed E-state index contributed by atoms with van der Waals surface area (Å²) in [6.45, 7) is 11.4. The molecule has 1 saturated heterocycles. The molecule has 2 amide bonds. The van der Waals surface area contributed by atoms with Crippen molar-refractivity contribution in [3.63, 3.8) is 0 Å². The molecule has 16 heteroatoms. The largest absolute Gasteiger partial charge is 0.394 e. The monoisotopic (exact) mass is 719 g/mol. The van der Waals surface area contributed by atoms with Gasteiger partial charge in [0.1, 0.15) is 10.6 Å². The zero-order valence-corrected chi connectivity index (χ0v) is 30.3. The molecule has 0 radical (unpaired) electrons. The summed E-state index contributed by atoms with van der Waals surface area (Å²) >= 11 is 6.96. The SMILES string of the molecule is Cc1ccnc(-n2c(=S)[nH]c3sc(C)c(CCCNC(=O)/C(N)=C/C=C(\N)C(=O)NCCCn4cc(CN5CCNC(C)C5)cn4)c3c2=O)c1. The summed E-state index contributed by atoms with van der Waals surface area (Å²) in [4.78, 5) is 50.3. The van der Waals surface area contributed by atoms with Crippen molar-refractivity contribution in [2.45, 2.75) is 59.2 Å². The number of rotatable bonds is 14. The Labute approximate surface area is 299 Å². The molecule has 5 rings (SSSR count). The zero-order chi connectivity index (χ0) is 35.8. The lowest BCUT2D eigenvalue weighted by Gasteiger charge is -2.31. The van der Waals surface area contributed by atoms with Gasteiger partial charge in [0.2, 0.25) is 0 Å². The number of nitrogens with one attached hydrogen (secondary N) is 4. The van der Waals surface area contributed by atoms with Gasteiger partial charge in [-0.3, -0.25) is 24.0 Å². The van der Waals surface area contributed by atoms with Crippen LogP contribution < -0.4 is 33.0 Å². The lowest BCUT2D eigenvalue weighted by molar-refractivity contribution is -0.118. The summed E-state index contributed by atoms with van der Waals surface area (Å²) in [7, 11) is 0. The van der Waals surface area contributed by atoms with E-state index in [2.05, 4.69) is 42.8 Å². The van der Waals surface area contributed by atoms with Gasteiger partial charge in [0.25, 0.3) is 17.4 Å². The van der Waals surface area contributed by atoms with Crippen LogP contribution in [0.15, 0.2) is 59.1 Å². The summed E-state index contributed by atoms with van der Waals surface area (Å²) in [6.07, 6.45) is 10.0. The summed E-state index contributed by atoms with van der Waals surface area (Å²) in [5, 5.41) is 14.0. The Balaban J connectivity index is 1.06. The number of carbonyl (C=O) groups excluding carboxylic acids is 2. The second-order valence-electron chi connectivity index (χ2n) is 12.5. The Morgan fingerprint density at radius 2 is 1.86 bits per heavy atom. The molecule has 1 fully saturated rings. The van der Waals surface area contributed by atoms with E-state index in [4.69, 9.17) is 23.7 Å². The molecule has 0 saturated carbocycles. The molecule has 1 aliphatic heterocycles. The maximum atomic E-state index is 13.6. The molecular formula is C34H45N11O3S2. The quantitative estimate of drug-likeness (QED) is 0.0486. The van der Waals surface area contributed by atoms with Gasteiger partial charge < -0.3 is 32.4 Å². The first-order valence-electron chi connectivity index (χ1n) is 16.7. The molecule has 1 aliphatic rings. The Hall–Kier alpha value is -4.64. The fourth-order valence-corrected chi connectivity index (χ4v) is 7.31. The van der Waals surface area contributed by atoms with Crippen LogP contribution in [0.5, 0.6) is 0 Å². The maximum Gasteiger partial charge on any atom is 0.269 e. The van der Waals surface area contributed by atoms with Crippen LogP contribution in [0.3, 0.4) is 0 Å². The number of pyridine rings is 1. The average molecular weight is 720 g/mol. The predicted molar refractivity (Wildman–Crippen MR) is 198 cm³/mol. The Kier molecular flexibility index (Phi) is 12.3. The molecule has 1 atom stereocenters. The Morgan fingerprint density at radius 3 is 2.56 bits per heavy atom. The van der Waals surface area contributed by atoms with Crippen LogP contribution in [0.25, 0.3) is 16.0 Å². The minimum atomic E-state index is -0.483. The predicted octanol–water partition coefficient (Wildman–Crippen LogP) is 2.05. The van der Waals surface area contributed by atoms with Gasteiger partial charge in [0.05, 0.1) is 23.0 Å². The fourth-order valence-electron chi connectivity index (χ4n) is 5.87. The van der Waals surface area contributed by atoms with E-state index in [0.717, 1.165) is 42.2 Å². The summed E-state index contributed by atoms with van der Waals surface area (Å²) < 4.78 is 3.58. The number of hydrogen-bond acceptors (Lipinski definition) is 11. The Bertz CT molecular complexity index is 2020. The summed E-state index contributed by atoms with van der Waals surface area (Å²) in [5.74, 6) is -0.465. The second-order valence-corrected chi connectivity index (χ2v) is 14.1. The molecule has 50 heavy (non-hydrogen) atoms. The standard InChI is InChI=1S/C34H45N11O3S2/c1-21-9-12-38-28(16-21)45-33(48)29-25(23(3)50-32(29)42-34(45)49)6-4-10-39-30(46)26(35)7-8-27(36)31(47)40-11-5-14-44-20-24(17-41-44)19-43-15-13-37-22(2)18-43/h7-9,12,16-17,20,22,37H,4-6,10-11,13-15,18-19,35-36H2,1-3H3,(H,39,46)(H,40,47)(H,42,49)/b26-7-,27-8-. The number of nitrogens with zero attached hydrogens (tertiary/aromatic N) is 5. The average Bonchev–Trinajstić information content (AvgIpc) is 3.66. The third-order valence-electron chi connectivity index (χ3n) is 8.43. The molecular weight excluding hydrogens is 675 g/mol. The summed E-state index contributed by atoms with van der Waals surface area (Å²) in [5.41, 5.74) is 14.5. The molecule has 4 aromatic rings. The number of aromatic nitrogens is 5.